The summed E-state index contributed by atoms with van der Waals surface area (Å²) < 4.78 is 0. The van der Waals surface area contributed by atoms with Crippen molar-refractivity contribution in [1.82, 2.24) is 25.1 Å². The van der Waals surface area contributed by atoms with E-state index in [-0.39, 0.29) is 18.5 Å². The molecular weight excluding hydrogens is 222 g/mol. The summed E-state index contributed by atoms with van der Waals surface area (Å²) in [5.41, 5.74) is 0.829. The van der Waals surface area contributed by atoms with Crippen LogP contribution < -0.4 is 0 Å². The van der Waals surface area contributed by atoms with Crippen LogP contribution in [-0.2, 0) is 6.67 Å². The van der Waals surface area contributed by atoms with Crippen molar-refractivity contribution < 1.29 is 9.59 Å². The number of carbonyl (C=O) groups is 2. The van der Waals surface area contributed by atoms with Gasteiger partial charge in [0, 0.05) is 0 Å². The summed E-state index contributed by atoms with van der Waals surface area (Å²) in [5, 5.41) is 10.9. The first kappa shape index (κ1) is 9.64. The number of carbonyl (C=O) groups excluding carboxylic acids is 2. The molecule has 84 valence electrons. The maximum absolute atomic E-state index is 11.9. The normalized spacial score (nSPS) is 14.2. The quantitative estimate of drug-likeness (QED) is 0.673. The molecule has 0 spiro atoms. The monoisotopic (exact) mass is 229 g/mol. The zero-order valence-corrected chi connectivity index (χ0v) is 8.65. The highest BCUT2D eigenvalue weighted by molar-refractivity contribution is 6.21. The first-order chi connectivity index (χ1) is 8.27. The van der Waals surface area contributed by atoms with Gasteiger partial charge in [-0.15, -0.1) is 15.0 Å². The molecule has 2 heterocycles. The van der Waals surface area contributed by atoms with Gasteiger partial charge in [0.15, 0.2) is 6.33 Å². The van der Waals surface area contributed by atoms with Crippen LogP contribution >= 0.6 is 0 Å². The van der Waals surface area contributed by atoms with Gasteiger partial charge in [-0.3, -0.25) is 14.5 Å². The first-order valence-corrected chi connectivity index (χ1v) is 4.93. The average Bonchev–Trinajstić information content (AvgIpc) is 2.94. The van der Waals surface area contributed by atoms with E-state index in [9.17, 15) is 9.59 Å². The fraction of sp³-hybridized carbons (Fsp3) is 0.100. The van der Waals surface area contributed by atoms with Gasteiger partial charge in [0.25, 0.3) is 11.8 Å². The summed E-state index contributed by atoms with van der Waals surface area (Å²) in [4.78, 5) is 26.2. The number of rotatable bonds is 2. The third-order valence-corrected chi connectivity index (χ3v) is 2.54. The highest BCUT2D eigenvalue weighted by Gasteiger charge is 2.35. The molecule has 7 heteroatoms. The summed E-state index contributed by atoms with van der Waals surface area (Å²) in [6.45, 7) is -0.0215. The van der Waals surface area contributed by atoms with Crippen molar-refractivity contribution in [3.05, 3.63) is 41.7 Å². The molecule has 7 nitrogen and oxygen atoms in total. The molecule has 0 atom stereocenters. The molecule has 0 N–H and O–H groups in total. The Morgan fingerprint density at radius 3 is 2.24 bits per heavy atom. The minimum Gasteiger partial charge on any atom is -0.269 e. The molecule has 17 heavy (non-hydrogen) atoms. The third-order valence-electron chi connectivity index (χ3n) is 2.54. The predicted molar refractivity (Wildman–Crippen MR) is 54.8 cm³/mol. The molecule has 0 aliphatic carbocycles. The Bertz CT molecular complexity index is 558. The summed E-state index contributed by atoms with van der Waals surface area (Å²) in [6, 6.07) is 6.71. The van der Waals surface area contributed by atoms with Crippen LogP contribution in [0.5, 0.6) is 0 Å². The van der Waals surface area contributed by atoms with E-state index >= 15 is 0 Å². The van der Waals surface area contributed by atoms with Crippen LogP contribution in [0.15, 0.2) is 30.6 Å². The van der Waals surface area contributed by atoms with Crippen LogP contribution in [0, 0.1) is 0 Å². The van der Waals surface area contributed by atoms with Gasteiger partial charge in [0.2, 0.25) is 0 Å². The van der Waals surface area contributed by atoms with Gasteiger partial charge in [-0.1, -0.05) is 12.1 Å². The Morgan fingerprint density at radius 1 is 1.06 bits per heavy atom. The van der Waals surface area contributed by atoms with Crippen molar-refractivity contribution in [2.75, 3.05) is 0 Å². The summed E-state index contributed by atoms with van der Waals surface area (Å²) in [6.07, 6.45) is 1.25. The fourth-order valence-corrected chi connectivity index (χ4v) is 1.75. The SMILES string of the molecule is O=C1c2ccccc2C(=O)N1Cn1ncnn1. The second kappa shape index (κ2) is 3.48. The van der Waals surface area contributed by atoms with E-state index in [1.165, 1.54) is 11.1 Å². The number of benzene rings is 1. The second-order valence-electron chi connectivity index (χ2n) is 3.53. The van der Waals surface area contributed by atoms with Crippen LogP contribution in [0.2, 0.25) is 0 Å². The van der Waals surface area contributed by atoms with Crippen molar-refractivity contribution in [3.63, 3.8) is 0 Å². The van der Waals surface area contributed by atoms with Crippen LogP contribution in [0.1, 0.15) is 20.7 Å². The molecule has 0 fully saturated rings. The lowest BCUT2D eigenvalue weighted by Crippen LogP contribution is -2.32. The van der Waals surface area contributed by atoms with E-state index in [1.54, 1.807) is 24.3 Å². The number of amides is 2. The summed E-state index contributed by atoms with van der Waals surface area (Å²) in [5.74, 6) is -0.661. The Morgan fingerprint density at radius 2 is 1.71 bits per heavy atom. The lowest BCUT2D eigenvalue weighted by molar-refractivity contribution is 0.0586. The number of nitrogens with zero attached hydrogens (tertiary/aromatic N) is 5. The molecule has 0 bridgehead atoms. The van der Waals surface area contributed by atoms with Gasteiger partial charge in [-0.2, -0.15) is 0 Å². The zero-order valence-electron chi connectivity index (χ0n) is 8.65. The molecule has 3 rings (SSSR count). The van der Waals surface area contributed by atoms with Gasteiger partial charge in [0.05, 0.1) is 11.1 Å². The predicted octanol–water partition coefficient (Wildman–Crippen LogP) is -0.0732. The van der Waals surface area contributed by atoms with E-state index in [0.717, 1.165) is 4.90 Å². The Balaban J connectivity index is 1.95. The number of fused-ring (bicyclic) bond motifs is 1. The number of hydrogen-bond acceptors (Lipinski definition) is 5. The highest BCUT2D eigenvalue weighted by atomic mass is 16.2. The minimum absolute atomic E-state index is 0.0215. The molecule has 2 aromatic rings. The first-order valence-electron chi connectivity index (χ1n) is 4.93. The molecule has 0 saturated heterocycles. The van der Waals surface area contributed by atoms with Gasteiger partial charge < -0.3 is 0 Å². The molecular formula is C10H7N5O2. The maximum Gasteiger partial charge on any atom is 0.263 e. The van der Waals surface area contributed by atoms with Gasteiger partial charge in [0.1, 0.15) is 6.67 Å². The van der Waals surface area contributed by atoms with Crippen molar-refractivity contribution in [2.24, 2.45) is 0 Å². The van der Waals surface area contributed by atoms with Crippen molar-refractivity contribution >= 4 is 11.8 Å². The van der Waals surface area contributed by atoms with E-state index in [2.05, 4.69) is 15.4 Å². The largest absolute Gasteiger partial charge is 0.269 e. The number of aromatic nitrogens is 4. The Labute approximate surface area is 95.6 Å². The standard InChI is InChI=1S/C10H7N5O2/c16-9-7-3-1-2-4-8(7)10(17)14(9)6-15-12-5-11-13-15/h1-5H,6H2. The lowest BCUT2D eigenvalue weighted by Gasteiger charge is -2.11. The average molecular weight is 229 g/mol. The summed E-state index contributed by atoms with van der Waals surface area (Å²) >= 11 is 0. The van der Waals surface area contributed by atoms with Crippen molar-refractivity contribution in [2.45, 2.75) is 6.67 Å². The van der Waals surface area contributed by atoms with Gasteiger partial charge in [-0.25, -0.2) is 0 Å². The minimum atomic E-state index is -0.331. The van der Waals surface area contributed by atoms with E-state index in [1.807, 2.05) is 0 Å². The van der Waals surface area contributed by atoms with E-state index in [4.69, 9.17) is 0 Å². The number of imide groups is 1. The molecule has 1 aromatic carbocycles. The molecule has 2 amide bonds. The van der Waals surface area contributed by atoms with Crippen LogP contribution in [-0.4, -0.2) is 36.9 Å². The fourth-order valence-electron chi connectivity index (χ4n) is 1.75. The molecule has 1 aromatic heterocycles. The second-order valence-corrected chi connectivity index (χ2v) is 3.53. The van der Waals surface area contributed by atoms with Gasteiger partial charge in [-0.05, 0) is 17.3 Å². The number of hydrogen-bond donors (Lipinski definition) is 0. The topological polar surface area (TPSA) is 81.0 Å². The smallest absolute Gasteiger partial charge is 0.263 e. The molecule has 1 aliphatic rings. The Kier molecular flexibility index (Phi) is 1.97. The van der Waals surface area contributed by atoms with E-state index < -0.39 is 0 Å². The van der Waals surface area contributed by atoms with Crippen molar-refractivity contribution in [3.8, 4) is 0 Å². The maximum atomic E-state index is 11.9. The molecule has 0 unspecified atom stereocenters. The lowest BCUT2D eigenvalue weighted by atomic mass is 10.1. The van der Waals surface area contributed by atoms with E-state index in [0.29, 0.717) is 11.1 Å². The van der Waals surface area contributed by atoms with Crippen LogP contribution in [0.3, 0.4) is 0 Å². The highest BCUT2D eigenvalue weighted by Crippen LogP contribution is 2.22. The summed E-state index contributed by atoms with van der Waals surface area (Å²) in [7, 11) is 0. The zero-order chi connectivity index (χ0) is 11.8. The number of tetrazole rings is 1. The van der Waals surface area contributed by atoms with Crippen LogP contribution in [0.25, 0.3) is 0 Å². The third kappa shape index (κ3) is 1.40. The Hall–Kier alpha value is -2.57. The van der Waals surface area contributed by atoms with Crippen LogP contribution in [0.4, 0.5) is 0 Å². The molecule has 0 radical (unpaired) electrons. The molecule has 1 aliphatic heterocycles. The van der Waals surface area contributed by atoms with Crippen molar-refractivity contribution in [1.29, 1.82) is 0 Å². The molecule has 0 saturated carbocycles. The van der Waals surface area contributed by atoms with Gasteiger partial charge >= 0.3 is 0 Å².